The number of ether oxygens (including phenoxy) is 2. The van der Waals surface area contributed by atoms with Gasteiger partial charge in [-0.2, -0.15) is 4.98 Å². The Kier molecular flexibility index (Phi) is 8.62. The van der Waals surface area contributed by atoms with Crippen molar-refractivity contribution >= 4 is 23.5 Å². The largest absolute Gasteiger partial charge is 0.493 e. The van der Waals surface area contributed by atoms with E-state index in [4.69, 9.17) is 9.47 Å². The molecule has 1 N–H and O–H groups in total. The van der Waals surface area contributed by atoms with Crippen LogP contribution >= 0.6 is 0 Å². The highest BCUT2D eigenvalue weighted by molar-refractivity contribution is 5.87. The molecule has 36 heavy (non-hydrogen) atoms. The van der Waals surface area contributed by atoms with Crippen molar-refractivity contribution in [1.82, 2.24) is 14.9 Å². The van der Waals surface area contributed by atoms with Crippen molar-refractivity contribution < 1.29 is 23.0 Å². The number of rotatable bonds is 9. The number of carbonyl (C=O) groups excluding carboxylic acids is 1. The first kappa shape index (κ1) is 25.3. The van der Waals surface area contributed by atoms with E-state index in [9.17, 15) is 13.6 Å². The molecule has 1 fully saturated rings. The fourth-order valence-electron chi connectivity index (χ4n) is 3.86. The summed E-state index contributed by atoms with van der Waals surface area (Å²) in [6, 6.07) is 11.6. The first-order valence-corrected chi connectivity index (χ1v) is 11.9. The number of hydrogen-bond acceptors (Lipinski definition) is 7. The molecule has 1 aliphatic rings. The Labute approximate surface area is 208 Å². The van der Waals surface area contributed by atoms with Gasteiger partial charge in [-0.05, 0) is 62.7 Å². The lowest BCUT2D eigenvalue weighted by molar-refractivity contribution is 0.205. The van der Waals surface area contributed by atoms with Crippen LogP contribution in [0.1, 0.15) is 25.7 Å². The van der Waals surface area contributed by atoms with Crippen molar-refractivity contribution in [3.05, 3.63) is 66.4 Å². The molecule has 0 saturated carbocycles. The molecule has 1 amide bonds. The summed E-state index contributed by atoms with van der Waals surface area (Å²) in [4.78, 5) is 24.5. The van der Waals surface area contributed by atoms with Gasteiger partial charge in [0, 0.05) is 37.6 Å². The fraction of sp³-hybridized carbons (Fsp3) is 0.346. The minimum Gasteiger partial charge on any atom is -0.493 e. The van der Waals surface area contributed by atoms with Crippen LogP contribution in [-0.4, -0.2) is 54.2 Å². The molecule has 2 heterocycles. The van der Waals surface area contributed by atoms with Crippen LogP contribution in [0.4, 0.5) is 31.0 Å². The molecule has 190 valence electrons. The standard InChI is InChI=1S/C26H29F2N5O3/c1-32(26(34)36-23-17-19(27)9-10-22(23)28)24-11-12-29-25(31-24)30-20-7-5-8-21(18-20)35-16-6-15-33-13-3-2-4-14-33/h5,7-12,17-18H,2-4,6,13-16H2,1H3,(H,29,30,31). The van der Waals surface area contributed by atoms with Crippen LogP contribution in [0.25, 0.3) is 0 Å². The van der Waals surface area contributed by atoms with E-state index in [-0.39, 0.29) is 11.8 Å². The minimum absolute atomic E-state index is 0.208. The average Bonchev–Trinajstić information content (AvgIpc) is 2.89. The highest BCUT2D eigenvalue weighted by Gasteiger charge is 2.18. The lowest BCUT2D eigenvalue weighted by Gasteiger charge is -2.26. The van der Waals surface area contributed by atoms with Crippen LogP contribution in [0.15, 0.2) is 54.7 Å². The van der Waals surface area contributed by atoms with E-state index in [1.54, 1.807) is 0 Å². The van der Waals surface area contributed by atoms with Gasteiger partial charge < -0.3 is 19.7 Å². The van der Waals surface area contributed by atoms with E-state index in [1.165, 1.54) is 51.7 Å². The highest BCUT2D eigenvalue weighted by atomic mass is 19.1. The summed E-state index contributed by atoms with van der Waals surface area (Å²) in [6.45, 7) is 4.02. The van der Waals surface area contributed by atoms with Crippen molar-refractivity contribution in [3.8, 4) is 11.5 Å². The number of hydrogen-bond donors (Lipinski definition) is 1. The molecule has 0 unspecified atom stereocenters. The fourth-order valence-corrected chi connectivity index (χ4v) is 3.86. The van der Waals surface area contributed by atoms with Crippen LogP contribution < -0.4 is 19.7 Å². The van der Waals surface area contributed by atoms with Gasteiger partial charge in [0.25, 0.3) is 0 Å². The van der Waals surface area contributed by atoms with E-state index in [0.717, 1.165) is 41.8 Å². The third kappa shape index (κ3) is 7.11. The zero-order valence-electron chi connectivity index (χ0n) is 20.1. The molecule has 2 aromatic carbocycles. The Balaban J connectivity index is 1.32. The summed E-state index contributed by atoms with van der Waals surface area (Å²) in [6.07, 6.45) is 5.39. The summed E-state index contributed by atoms with van der Waals surface area (Å²) >= 11 is 0. The molecular formula is C26H29F2N5O3. The molecular weight excluding hydrogens is 468 g/mol. The van der Waals surface area contributed by atoms with Gasteiger partial charge in [-0.25, -0.2) is 18.6 Å². The number of likely N-dealkylation sites (tertiary alicyclic amines) is 1. The molecule has 4 rings (SSSR count). The number of halogens is 2. The van der Waals surface area contributed by atoms with Crippen molar-refractivity contribution in [1.29, 1.82) is 0 Å². The number of anilines is 3. The lowest BCUT2D eigenvalue weighted by Crippen LogP contribution is -2.31. The van der Waals surface area contributed by atoms with Crippen LogP contribution in [0.2, 0.25) is 0 Å². The van der Waals surface area contributed by atoms with Crippen molar-refractivity contribution in [3.63, 3.8) is 0 Å². The number of nitrogens with zero attached hydrogens (tertiary/aromatic N) is 4. The van der Waals surface area contributed by atoms with Crippen LogP contribution in [0, 0.1) is 11.6 Å². The van der Waals surface area contributed by atoms with Crippen molar-refractivity contribution in [2.75, 3.05) is 43.5 Å². The van der Waals surface area contributed by atoms with Gasteiger partial charge in [-0.1, -0.05) is 12.5 Å². The zero-order valence-corrected chi connectivity index (χ0v) is 20.1. The summed E-state index contributed by atoms with van der Waals surface area (Å²) in [5.74, 6) is -0.897. The molecule has 10 heteroatoms. The van der Waals surface area contributed by atoms with E-state index >= 15 is 0 Å². The first-order chi connectivity index (χ1) is 17.5. The maximum absolute atomic E-state index is 13.8. The monoisotopic (exact) mass is 497 g/mol. The van der Waals surface area contributed by atoms with Gasteiger partial charge in [0.1, 0.15) is 17.4 Å². The maximum Gasteiger partial charge on any atom is 0.420 e. The van der Waals surface area contributed by atoms with E-state index in [2.05, 4.69) is 20.2 Å². The second kappa shape index (κ2) is 12.3. The molecule has 0 atom stereocenters. The van der Waals surface area contributed by atoms with Crippen LogP contribution in [-0.2, 0) is 0 Å². The highest BCUT2D eigenvalue weighted by Crippen LogP contribution is 2.23. The number of piperidine rings is 1. The predicted octanol–water partition coefficient (Wildman–Crippen LogP) is 5.39. The van der Waals surface area contributed by atoms with Gasteiger partial charge in [0.05, 0.1) is 6.61 Å². The van der Waals surface area contributed by atoms with Gasteiger partial charge >= 0.3 is 6.09 Å². The molecule has 1 saturated heterocycles. The summed E-state index contributed by atoms with van der Waals surface area (Å²) in [5, 5.41) is 3.09. The molecule has 1 aromatic heterocycles. The molecule has 1 aliphatic heterocycles. The van der Waals surface area contributed by atoms with Crippen molar-refractivity contribution in [2.24, 2.45) is 0 Å². The molecule has 0 spiro atoms. The second-order valence-electron chi connectivity index (χ2n) is 8.50. The topological polar surface area (TPSA) is 79.8 Å². The van der Waals surface area contributed by atoms with Crippen LogP contribution in [0.3, 0.4) is 0 Å². The van der Waals surface area contributed by atoms with E-state index in [0.29, 0.717) is 12.3 Å². The molecule has 0 bridgehead atoms. The molecule has 0 aliphatic carbocycles. The van der Waals surface area contributed by atoms with Crippen LogP contribution in [0.5, 0.6) is 11.5 Å². The van der Waals surface area contributed by atoms with Gasteiger partial charge in [-0.3, -0.25) is 4.90 Å². The molecule has 0 radical (unpaired) electrons. The maximum atomic E-state index is 13.8. The number of aromatic nitrogens is 2. The third-order valence-corrected chi connectivity index (χ3v) is 5.78. The third-order valence-electron chi connectivity index (χ3n) is 5.78. The first-order valence-electron chi connectivity index (χ1n) is 11.9. The molecule has 8 nitrogen and oxygen atoms in total. The second-order valence-corrected chi connectivity index (χ2v) is 8.50. The SMILES string of the molecule is CN(C(=O)Oc1cc(F)ccc1F)c1ccnc(Nc2cccc(OCCCN3CCCCC3)c2)n1. The Hall–Kier alpha value is -3.79. The number of nitrogens with one attached hydrogen (secondary N) is 1. The van der Waals surface area contributed by atoms with Gasteiger partial charge in [-0.15, -0.1) is 0 Å². The van der Waals surface area contributed by atoms with Gasteiger partial charge in [0.2, 0.25) is 5.95 Å². The number of benzene rings is 2. The van der Waals surface area contributed by atoms with E-state index < -0.39 is 23.5 Å². The normalized spacial score (nSPS) is 13.8. The Morgan fingerprint density at radius 2 is 1.94 bits per heavy atom. The molecule has 3 aromatic rings. The lowest BCUT2D eigenvalue weighted by atomic mass is 10.1. The average molecular weight is 498 g/mol. The summed E-state index contributed by atoms with van der Waals surface area (Å²) < 4.78 is 38.1. The van der Waals surface area contributed by atoms with Gasteiger partial charge in [0.15, 0.2) is 11.6 Å². The quantitative estimate of drug-likeness (QED) is 0.397. The smallest absolute Gasteiger partial charge is 0.420 e. The summed E-state index contributed by atoms with van der Waals surface area (Å²) in [5.41, 5.74) is 0.716. The Morgan fingerprint density at radius 3 is 2.78 bits per heavy atom. The zero-order chi connectivity index (χ0) is 25.3. The Bertz CT molecular complexity index is 1170. The number of amides is 1. The summed E-state index contributed by atoms with van der Waals surface area (Å²) in [7, 11) is 1.41. The number of carbonyl (C=O) groups is 1. The van der Waals surface area contributed by atoms with Crippen molar-refractivity contribution in [2.45, 2.75) is 25.7 Å². The minimum atomic E-state index is -0.927. The Morgan fingerprint density at radius 1 is 1.11 bits per heavy atom. The van der Waals surface area contributed by atoms with E-state index in [1.807, 2.05) is 24.3 Å². The predicted molar refractivity (Wildman–Crippen MR) is 133 cm³/mol.